The van der Waals surface area contributed by atoms with E-state index in [4.69, 9.17) is 15.3 Å². The molecule has 76 valence electrons. The molecular weight excluding hydrogens is 188 g/mol. The SMILES string of the molecule is COc1cc(C#N)c(C(C)C)c(C#N)c1. The zero-order valence-electron chi connectivity index (χ0n) is 9.03. The van der Waals surface area contributed by atoms with E-state index in [1.165, 1.54) is 7.11 Å². The van der Waals surface area contributed by atoms with Gasteiger partial charge in [0.2, 0.25) is 0 Å². The molecule has 0 bridgehead atoms. The molecule has 0 saturated heterocycles. The lowest BCUT2D eigenvalue weighted by Gasteiger charge is -2.11. The van der Waals surface area contributed by atoms with E-state index >= 15 is 0 Å². The molecule has 0 unspecified atom stereocenters. The summed E-state index contributed by atoms with van der Waals surface area (Å²) < 4.78 is 5.03. The Labute approximate surface area is 89.5 Å². The van der Waals surface area contributed by atoms with Crippen molar-refractivity contribution in [2.45, 2.75) is 19.8 Å². The van der Waals surface area contributed by atoms with Gasteiger partial charge < -0.3 is 4.74 Å². The Kier molecular flexibility index (Phi) is 3.31. The van der Waals surface area contributed by atoms with Crippen LogP contribution in [0.5, 0.6) is 5.75 Å². The molecule has 3 nitrogen and oxygen atoms in total. The maximum atomic E-state index is 8.99. The fourth-order valence-corrected chi connectivity index (χ4v) is 1.55. The first-order chi connectivity index (χ1) is 7.13. The molecule has 0 amide bonds. The van der Waals surface area contributed by atoms with Gasteiger partial charge in [-0.1, -0.05) is 13.8 Å². The summed E-state index contributed by atoms with van der Waals surface area (Å²) in [6.07, 6.45) is 0. The smallest absolute Gasteiger partial charge is 0.121 e. The molecule has 3 heteroatoms. The topological polar surface area (TPSA) is 56.8 Å². The number of methoxy groups -OCH3 is 1. The van der Waals surface area contributed by atoms with Gasteiger partial charge in [-0.3, -0.25) is 0 Å². The van der Waals surface area contributed by atoms with Crippen LogP contribution in [0.1, 0.15) is 36.5 Å². The summed E-state index contributed by atoms with van der Waals surface area (Å²) in [4.78, 5) is 0. The number of rotatable bonds is 2. The lowest BCUT2D eigenvalue weighted by Crippen LogP contribution is -1.99. The number of nitriles is 2. The molecule has 0 aromatic heterocycles. The molecule has 0 fully saturated rings. The van der Waals surface area contributed by atoms with E-state index < -0.39 is 0 Å². The highest BCUT2D eigenvalue weighted by Gasteiger charge is 2.13. The van der Waals surface area contributed by atoms with Gasteiger partial charge in [0.15, 0.2) is 0 Å². The van der Waals surface area contributed by atoms with E-state index in [2.05, 4.69) is 12.1 Å². The second-order valence-corrected chi connectivity index (χ2v) is 3.51. The van der Waals surface area contributed by atoms with Crippen LogP contribution in [0.15, 0.2) is 12.1 Å². The van der Waals surface area contributed by atoms with Crippen molar-refractivity contribution in [2.75, 3.05) is 7.11 Å². The Hall–Kier alpha value is -2.00. The van der Waals surface area contributed by atoms with Gasteiger partial charge in [0, 0.05) is 0 Å². The van der Waals surface area contributed by atoms with Crippen LogP contribution in [0.3, 0.4) is 0 Å². The van der Waals surface area contributed by atoms with Crippen LogP contribution < -0.4 is 4.74 Å². The third kappa shape index (κ3) is 2.08. The fourth-order valence-electron chi connectivity index (χ4n) is 1.55. The minimum Gasteiger partial charge on any atom is -0.497 e. The second kappa shape index (κ2) is 4.48. The lowest BCUT2D eigenvalue weighted by atomic mass is 9.92. The van der Waals surface area contributed by atoms with E-state index in [-0.39, 0.29) is 5.92 Å². The minimum absolute atomic E-state index is 0.153. The summed E-state index contributed by atoms with van der Waals surface area (Å²) in [5.74, 6) is 0.702. The summed E-state index contributed by atoms with van der Waals surface area (Å²) in [7, 11) is 1.52. The fraction of sp³-hybridized carbons (Fsp3) is 0.333. The second-order valence-electron chi connectivity index (χ2n) is 3.51. The number of benzene rings is 1. The molecule has 0 atom stereocenters. The molecule has 0 N–H and O–H groups in total. The molecule has 0 aliphatic heterocycles. The predicted molar refractivity (Wildman–Crippen MR) is 56.5 cm³/mol. The van der Waals surface area contributed by atoms with Gasteiger partial charge in [-0.15, -0.1) is 0 Å². The number of hydrogen-bond acceptors (Lipinski definition) is 3. The van der Waals surface area contributed by atoms with Gasteiger partial charge in [0.05, 0.1) is 30.4 Å². The van der Waals surface area contributed by atoms with Crippen molar-refractivity contribution in [3.63, 3.8) is 0 Å². The zero-order chi connectivity index (χ0) is 11.4. The average molecular weight is 200 g/mol. The summed E-state index contributed by atoms with van der Waals surface area (Å²) in [5.41, 5.74) is 1.82. The van der Waals surface area contributed by atoms with E-state index in [0.717, 1.165) is 5.56 Å². The van der Waals surface area contributed by atoms with Gasteiger partial charge in [-0.05, 0) is 23.6 Å². The Balaban J connectivity index is 3.50. The van der Waals surface area contributed by atoms with Crippen molar-refractivity contribution in [2.24, 2.45) is 0 Å². The van der Waals surface area contributed by atoms with E-state index in [0.29, 0.717) is 16.9 Å². The van der Waals surface area contributed by atoms with Gasteiger partial charge in [0.1, 0.15) is 5.75 Å². The standard InChI is InChI=1S/C12H12N2O/c1-8(2)12-9(6-13)4-11(15-3)5-10(12)7-14/h4-5,8H,1-3H3. The van der Waals surface area contributed by atoms with Crippen molar-refractivity contribution in [1.82, 2.24) is 0 Å². The molecule has 0 spiro atoms. The lowest BCUT2D eigenvalue weighted by molar-refractivity contribution is 0.414. The van der Waals surface area contributed by atoms with Crippen molar-refractivity contribution in [1.29, 1.82) is 10.5 Å². The Morgan fingerprint density at radius 1 is 1.13 bits per heavy atom. The third-order valence-electron chi connectivity index (χ3n) is 2.21. The van der Waals surface area contributed by atoms with Crippen molar-refractivity contribution >= 4 is 0 Å². The quantitative estimate of drug-likeness (QED) is 0.737. The van der Waals surface area contributed by atoms with Crippen LogP contribution in [0, 0.1) is 22.7 Å². The van der Waals surface area contributed by atoms with Crippen LogP contribution in [0.4, 0.5) is 0 Å². The number of nitrogens with zero attached hydrogens (tertiary/aromatic N) is 2. The molecule has 15 heavy (non-hydrogen) atoms. The number of ether oxygens (including phenoxy) is 1. The molecule has 1 aromatic carbocycles. The van der Waals surface area contributed by atoms with E-state index in [1.54, 1.807) is 12.1 Å². The van der Waals surface area contributed by atoms with E-state index in [9.17, 15) is 0 Å². The van der Waals surface area contributed by atoms with Crippen molar-refractivity contribution in [3.05, 3.63) is 28.8 Å². The first-order valence-electron chi connectivity index (χ1n) is 4.66. The summed E-state index contributed by atoms with van der Waals surface area (Å²) >= 11 is 0. The normalized spacial score (nSPS) is 9.47. The molecule has 1 rings (SSSR count). The molecule has 0 heterocycles. The Morgan fingerprint density at radius 3 is 1.87 bits per heavy atom. The largest absolute Gasteiger partial charge is 0.497 e. The van der Waals surface area contributed by atoms with Crippen LogP contribution in [0.25, 0.3) is 0 Å². The van der Waals surface area contributed by atoms with Gasteiger partial charge in [-0.25, -0.2) is 0 Å². The van der Waals surface area contributed by atoms with Crippen molar-refractivity contribution in [3.8, 4) is 17.9 Å². The average Bonchev–Trinajstić information content (AvgIpc) is 2.26. The van der Waals surface area contributed by atoms with Crippen LogP contribution >= 0.6 is 0 Å². The minimum atomic E-state index is 0.153. The summed E-state index contributed by atoms with van der Waals surface area (Å²) in [6.45, 7) is 3.92. The van der Waals surface area contributed by atoms with E-state index in [1.807, 2.05) is 13.8 Å². The first-order valence-corrected chi connectivity index (χ1v) is 4.66. The molecular formula is C12H12N2O. The molecule has 0 saturated carbocycles. The zero-order valence-corrected chi connectivity index (χ0v) is 9.03. The highest BCUT2D eigenvalue weighted by atomic mass is 16.5. The maximum Gasteiger partial charge on any atom is 0.121 e. The molecule has 0 aliphatic rings. The third-order valence-corrected chi connectivity index (χ3v) is 2.21. The summed E-state index contributed by atoms with van der Waals surface area (Å²) in [5, 5.41) is 18.0. The van der Waals surface area contributed by atoms with Crippen LogP contribution in [0.2, 0.25) is 0 Å². The monoisotopic (exact) mass is 200 g/mol. The van der Waals surface area contributed by atoms with Crippen LogP contribution in [-0.4, -0.2) is 7.11 Å². The highest BCUT2D eigenvalue weighted by molar-refractivity contribution is 5.54. The predicted octanol–water partition coefficient (Wildman–Crippen LogP) is 2.56. The Bertz CT molecular complexity index is 415. The van der Waals surface area contributed by atoms with Gasteiger partial charge in [-0.2, -0.15) is 10.5 Å². The summed E-state index contributed by atoms with van der Waals surface area (Å²) in [6, 6.07) is 7.52. The molecule has 1 aromatic rings. The maximum absolute atomic E-state index is 8.99. The van der Waals surface area contributed by atoms with Crippen molar-refractivity contribution < 1.29 is 4.74 Å². The number of hydrogen-bond donors (Lipinski definition) is 0. The van der Waals surface area contributed by atoms with Crippen LogP contribution in [-0.2, 0) is 0 Å². The Morgan fingerprint density at radius 2 is 1.60 bits per heavy atom. The molecule has 0 aliphatic carbocycles. The highest BCUT2D eigenvalue weighted by Crippen LogP contribution is 2.27. The first kappa shape index (κ1) is 11.1. The van der Waals surface area contributed by atoms with Gasteiger partial charge >= 0.3 is 0 Å². The molecule has 0 radical (unpaired) electrons. The van der Waals surface area contributed by atoms with Gasteiger partial charge in [0.25, 0.3) is 0 Å².